The molecule has 0 saturated heterocycles. The molecule has 0 amide bonds. The molecule has 2 unspecified atom stereocenters. The minimum atomic E-state index is -3.92. The molecule has 0 aromatic heterocycles. The fourth-order valence-corrected chi connectivity index (χ4v) is 3.42. The van der Waals surface area contributed by atoms with Crippen molar-refractivity contribution in [2.75, 3.05) is 0 Å². The third-order valence-corrected chi connectivity index (χ3v) is 5.18. The zero-order valence-electron chi connectivity index (χ0n) is 10.5. The molecule has 1 aliphatic rings. The number of aliphatic hydroxyl groups excluding tert-OH is 1. The van der Waals surface area contributed by atoms with Gasteiger partial charge in [-0.25, -0.2) is 21.9 Å². The highest BCUT2D eigenvalue weighted by molar-refractivity contribution is 7.89. The summed E-state index contributed by atoms with van der Waals surface area (Å²) in [5, 5.41) is 9.55. The Labute approximate surface area is 110 Å². The fraction of sp³-hybridized carbons (Fsp3) is 0.500. The van der Waals surface area contributed by atoms with Gasteiger partial charge < -0.3 is 5.11 Å². The van der Waals surface area contributed by atoms with Crippen LogP contribution in [0.15, 0.2) is 23.1 Å². The molecule has 2 atom stereocenters. The van der Waals surface area contributed by atoms with E-state index in [0.717, 1.165) is 12.1 Å². The molecule has 0 bridgehead atoms. The molecule has 2 rings (SSSR count). The van der Waals surface area contributed by atoms with Crippen LogP contribution in [0.5, 0.6) is 0 Å². The average Bonchev–Trinajstić information content (AvgIpc) is 2.32. The average molecular weight is 291 g/mol. The van der Waals surface area contributed by atoms with E-state index in [2.05, 4.69) is 4.72 Å². The Balaban J connectivity index is 2.22. The van der Waals surface area contributed by atoms with Crippen LogP contribution in [-0.4, -0.2) is 25.7 Å². The van der Waals surface area contributed by atoms with Crippen LogP contribution in [0.2, 0.25) is 0 Å². The Morgan fingerprint density at radius 3 is 2.42 bits per heavy atom. The summed E-state index contributed by atoms with van der Waals surface area (Å²) in [5.74, 6) is -2.31. The van der Waals surface area contributed by atoms with Gasteiger partial charge in [0.2, 0.25) is 10.0 Å². The molecule has 1 aliphatic carbocycles. The van der Waals surface area contributed by atoms with Crippen molar-refractivity contribution in [1.82, 2.24) is 4.72 Å². The van der Waals surface area contributed by atoms with Gasteiger partial charge in [0.15, 0.2) is 11.6 Å². The molecule has 0 radical (unpaired) electrons. The van der Waals surface area contributed by atoms with Crippen LogP contribution in [0.3, 0.4) is 0 Å². The number of nitrogens with one attached hydrogen (secondary N) is 1. The first-order valence-electron chi connectivity index (χ1n) is 5.80. The van der Waals surface area contributed by atoms with Crippen molar-refractivity contribution in [1.29, 1.82) is 0 Å². The molecule has 0 heterocycles. The second-order valence-corrected chi connectivity index (χ2v) is 7.04. The van der Waals surface area contributed by atoms with Gasteiger partial charge in [0, 0.05) is 11.5 Å². The summed E-state index contributed by atoms with van der Waals surface area (Å²) < 4.78 is 52.2. The van der Waals surface area contributed by atoms with Crippen LogP contribution in [0, 0.1) is 17.0 Å². The molecule has 7 heteroatoms. The first-order valence-corrected chi connectivity index (χ1v) is 7.28. The third-order valence-electron chi connectivity index (χ3n) is 3.71. The Hall–Kier alpha value is -1.05. The van der Waals surface area contributed by atoms with Gasteiger partial charge >= 0.3 is 0 Å². The van der Waals surface area contributed by atoms with Crippen LogP contribution in [0.25, 0.3) is 0 Å². The van der Waals surface area contributed by atoms with E-state index in [1.165, 1.54) is 0 Å². The monoisotopic (exact) mass is 291 g/mol. The van der Waals surface area contributed by atoms with Crippen molar-refractivity contribution in [3.8, 4) is 0 Å². The molecule has 19 heavy (non-hydrogen) atoms. The van der Waals surface area contributed by atoms with Crippen molar-refractivity contribution in [2.45, 2.75) is 37.3 Å². The lowest BCUT2D eigenvalue weighted by Gasteiger charge is -2.49. The molecule has 0 spiro atoms. The van der Waals surface area contributed by atoms with Gasteiger partial charge in [0.1, 0.15) is 0 Å². The predicted octanol–water partition coefficient (Wildman–Crippen LogP) is 1.40. The highest BCUT2D eigenvalue weighted by Crippen LogP contribution is 2.41. The number of hydrogen-bond acceptors (Lipinski definition) is 3. The van der Waals surface area contributed by atoms with Gasteiger partial charge in [-0.15, -0.1) is 0 Å². The van der Waals surface area contributed by atoms with Crippen molar-refractivity contribution < 1.29 is 22.3 Å². The van der Waals surface area contributed by atoms with E-state index in [9.17, 15) is 22.3 Å². The molecular formula is C12H15F2NO3S. The second-order valence-electron chi connectivity index (χ2n) is 5.32. The van der Waals surface area contributed by atoms with Gasteiger partial charge in [-0.1, -0.05) is 13.8 Å². The van der Waals surface area contributed by atoms with Crippen LogP contribution < -0.4 is 4.72 Å². The van der Waals surface area contributed by atoms with Gasteiger partial charge in [-0.3, -0.25) is 0 Å². The van der Waals surface area contributed by atoms with E-state index in [0.29, 0.717) is 12.5 Å². The molecule has 0 aliphatic heterocycles. The molecule has 1 saturated carbocycles. The molecular weight excluding hydrogens is 276 g/mol. The molecule has 106 valence electrons. The summed E-state index contributed by atoms with van der Waals surface area (Å²) in [5.41, 5.74) is -0.578. The number of aliphatic hydroxyl groups is 1. The minimum absolute atomic E-state index is 0.301. The summed E-state index contributed by atoms with van der Waals surface area (Å²) >= 11 is 0. The lowest BCUT2D eigenvalue weighted by Crippen LogP contribution is -2.61. The zero-order valence-corrected chi connectivity index (χ0v) is 11.3. The largest absolute Gasteiger partial charge is 0.392 e. The molecule has 1 aromatic carbocycles. The minimum Gasteiger partial charge on any atom is -0.392 e. The second kappa shape index (κ2) is 4.50. The van der Waals surface area contributed by atoms with Crippen LogP contribution in [-0.2, 0) is 10.0 Å². The standard InChI is InChI=1S/C12H15F2NO3S/c1-12(2)10(6-11(12)16)15-19(17,18)7-3-4-8(13)9(14)5-7/h3-5,10-11,15-16H,6H2,1-2H3. The van der Waals surface area contributed by atoms with E-state index < -0.39 is 39.2 Å². The number of hydrogen-bond donors (Lipinski definition) is 2. The molecule has 1 aromatic rings. The van der Waals surface area contributed by atoms with Gasteiger partial charge in [-0.05, 0) is 24.6 Å². The van der Waals surface area contributed by atoms with E-state index in [1.54, 1.807) is 13.8 Å². The van der Waals surface area contributed by atoms with E-state index in [-0.39, 0.29) is 4.90 Å². The molecule has 1 fully saturated rings. The smallest absolute Gasteiger partial charge is 0.240 e. The van der Waals surface area contributed by atoms with Crippen LogP contribution in [0.4, 0.5) is 8.78 Å². The maximum atomic E-state index is 13.0. The summed E-state index contributed by atoms with van der Waals surface area (Å²) in [4.78, 5) is -0.330. The Morgan fingerprint density at radius 2 is 1.95 bits per heavy atom. The van der Waals surface area contributed by atoms with Crippen molar-refractivity contribution in [3.63, 3.8) is 0 Å². The summed E-state index contributed by atoms with van der Waals surface area (Å²) in [6, 6.07) is 1.98. The Bertz CT molecular complexity index is 601. The van der Waals surface area contributed by atoms with Crippen molar-refractivity contribution in [2.24, 2.45) is 5.41 Å². The Kier molecular flexibility index (Phi) is 3.40. The number of benzene rings is 1. The normalized spacial score (nSPS) is 25.9. The molecule has 4 nitrogen and oxygen atoms in total. The van der Waals surface area contributed by atoms with Gasteiger partial charge in [-0.2, -0.15) is 0 Å². The highest BCUT2D eigenvalue weighted by atomic mass is 32.2. The summed E-state index contributed by atoms with van der Waals surface area (Å²) in [6.07, 6.45) is -0.277. The zero-order chi connectivity index (χ0) is 14.4. The maximum Gasteiger partial charge on any atom is 0.240 e. The fourth-order valence-electron chi connectivity index (χ4n) is 2.00. The van der Waals surface area contributed by atoms with E-state index in [4.69, 9.17) is 0 Å². The highest BCUT2D eigenvalue weighted by Gasteiger charge is 2.48. The van der Waals surface area contributed by atoms with E-state index >= 15 is 0 Å². The lowest BCUT2D eigenvalue weighted by atomic mass is 9.65. The van der Waals surface area contributed by atoms with Crippen LogP contribution in [0.1, 0.15) is 20.3 Å². The number of rotatable bonds is 3. The third kappa shape index (κ3) is 2.50. The SMILES string of the molecule is CC1(C)C(O)CC1NS(=O)(=O)c1ccc(F)c(F)c1. The quantitative estimate of drug-likeness (QED) is 0.884. The lowest BCUT2D eigenvalue weighted by molar-refractivity contribution is -0.0645. The Morgan fingerprint density at radius 1 is 1.32 bits per heavy atom. The maximum absolute atomic E-state index is 13.0. The number of sulfonamides is 1. The van der Waals surface area contributed by atoms with E-state index in [1.807, 2.05) is 0 Å². The van der Waals surface area contributed by atoms with Crippen molar-refractivity contribution >= 4 is 10.0 Å². The first-order chi connectivity index (χ1) is 8.64. The molecule has 2 N–H and O–H groups in total. The van der Waals surface area contributed by atoms with Crippen molar-refractivity contribution in [3.05, 3.63) is 29.8 Å². The predicted molar refractivity (Wildman–Crippen MR) is 64.9 cm³/mol. The van der Waals surface area contributed by atoms with Crippen LogP contribution >= 0.6 is 0 Å². The topological polar surface area (TPSA) is 66.4 Å². The van der Waals surface area contributed by atoms with Gasteiger partial charge in [0.05, 0.1) is 11.0 Å². The summed E-state index contributed by atoms with van der Waals surface area (Å²) in [7, 11) is -3.92. The first kappa shape index (κ1) is 14.4. The summed E-state index contributed by atoms with van der Waals surface area (Å²) in [6.45, 7) is 3.47. The van der Waals surface area contributed by atoms with Gasteiger partial charge in [0.25, 0.3) is 0 Å². The number of halogens is 2.